The number of unbranched alkanes of at least 4 members (excludes halogenated alkanes) is 3. The monoisotopic (exact) mass is 269 g/mol. The van der Waals surface area contributed by atoms with Crippen LogP contribution >= 0.6 is 11.6 Å². The van der Waals surface area contributed by atoms with Gasteiger partial charge in [-0.1, -0.05) is 30.5 Å². The quantitative estimate of drug-likeness (QED) is 0.468. The number of hydrogen-bond donors (Lipinski definition) is 1. The predicted octanol–water partition coefficient (Wildman–Crippen LogP) is 3.59. The number of nitrogen functional groups attached to an aromatic ring is 1. The summed E-state index contributed by atoms with van der Waals surface area (Å²) in [5, 5.41) is 0.678. The highest BCUT2D eigenvalue weighted by Crippen LogP contribution is 2.20. The van der Waals surface area contributed by atoms with Crippen LogP contribution in [-0.4, -0.2) is 12.6 Å². The van der Waals surface area contributed by atoms with E-state index in [9.17, 15) is 4.79 Å². The average molecular weight is 270 g/mol. The topological polar surface area (TPSA) is 52.3 Å². The van der Waals surface area contributed by atoms with Gasteiger partial charge in [0.25, 0.3) is 0 Å². The number of esters is 1. The van der Waals surface area contributed by atoms with Gasteiger partial charge in [-0.25, -0.2) is 0 Å². The maximum absolute atomic E-state index is 10.5. The lowest BCUT2D eigenvalue weighted by Gasteiger charge is -2.06. The maximum atomic E-state index is 10.5. The van der Waals surface area contributed by atoms with Gasteiger partial charge in [-0.15, -0.1) is 0 Å². The summed E-state index contributed by atoms with van der Waals surface area (Å²) in [4.78, 5) is 10.5. The summed E-state index contributed by atoms with van der Waals surface area (Å²) in [6.07, 6.45) is 5.17. The largest absolute Gasteiger partial charge is 0.466 e. The van der Waals surface area contributed by atoms with Gasteiger partial charge in [-0.05, 0) is 37.0 Å². The molecule has 1 aromatic rings. The first-order valence-electron chi connectivity index (χ1n) is 6.27. The molecule has 1 aromatic carbocycles. The average Bonchev–Trinajstić information content (AvgIpc) is 2.30. The van der Waals surface area contributed by atoms with Crippen LogP contribution in [0.25, 0.3) is 0 Å². The Balaban J connectivity index is 2.12. The van der Waals surface area contributed by atoms with Gasteiger partial charge in [-0.2, -0.15) is 0 Å². The summed E-state index contributed by atoms with van der Waals surface area (Å²) in [7, 11) is 0. The molecule has 0 atom stereocenters. The van der Waals surface area contributed by atoms with Crippen molar-refractivity contribution in [2.24, 2.45) is 0 Å². The highest BCUT2D eigenvalue weighted by atomic mass is 35.5. The molecule has 0 fully saturated rings. The Morgan fingerprint density at radius 1 is 1.28 bits per heavy atom. The van der Waals surface area contributed by atoms with Crippen LogP contribution in [0, 0.1) is 0 Å². The molecule has 1 rings (SSSR count). The van der Waals surface area contributed by atoms with E-state index in [-0.39, 0.29) is 5.97 Å². The van der Waals surface area contributed by atoms with Crippen LogP contribution in [0.5, 0.6) is 0 Å². The third kappa shape index (κ3) is 5.92. The van der Waals surface area contributed by atoms with E-state index in [4.69, 9.17) is 22.1 Å². The SMILES string of the molecule is CC(=O)OCCCCCCc1ccc(Cl)cc1N. The molecule has 0 saturated heterocycles. The lowest BCUT2D eigenvalue weighted by molar-refractivity contribution is -0.141. The zero-order chi connectivity index (χ0) is 13.4. The number of halogens is 1. The van der Waals surface area contributed by atoms with Crippen LogP contribution in [0.2, 0.25) is 5.02 Å². The molecule has 0 aliphatic carbocycles. The Labute approximate surface area is 113 Å². The molecule has 0 aromatic heterocycles. The number of anilines is 1. The van der Waals surface area contributed by atoms with Crippen molar-refractivity contribution in [3.8, 4) is 0 Å². The first-order chi connectivity index (χ1) is 8.59. The Morgan fingerprint density at radius 2 is 2.00 bits per heavy atom. The number of carbonyl (C=O) groups excluding carboxylic acids is 1. The lowest BCUT2D eigenvalue weighted by Crippen LogP contribution is -2.00. The smallest absolute Gasteiger partial charge is 0.302 e. The molecule has 18 heavy (non-hydrogen) atoms. The first kappa shape index (κ1) is 14.8. The Kier molecular flexibility index (Phi) is 6.58. The number of carbonyl (C=O) groups is 1. The van der Waals surface area contributed by atoms with Crippen molar-refractivity contribution in [2.75, 3.05) is 12.3 Å². The summed E-state index contributed by atoms with van der Waals surface area (Å²) in [6, 6.07) is 5.64. The third-order valence-corrected chi connectivity index (χ3v) is 2.99. The van der Waals surface area contributed by atoms with Gasteiger partial charge >= 0.3 is 5.97 Å². The molecule has 0 saturated carbocycles. The maximum Gasteiger partial charge on any atom is 0.302 e. The molecular formula is C14H20ClNO2. The second kappa shape index (κ2) is 7.98. The zero-order valence-electron chi connectivity index (χ0n) is 10.7. The summed E-state index contributed by atoms with van der Waals surface area (Å²) >= 11 is 5.84. The van der Waals surface area contributed by atoms with Crippen LogP contribution in [0.15, 0.2) is 18.2 Å². The number of rotatable bonds is 7. The van der Waals surface area contributed by atoms with Gasteiger partial charge in [-0.3, -0.25) is 4.79 Å². The summed E-state index contributed by atoms with van der Waals surface area (Å²) in [5.74, 6) is -0.205. The van der Waals surface area contributed by atoms with Crippen molar-refractivity contribution in [3.63, 3.8) is 0 Å². The van der Waals surface area contributed by atoms with Crippen molar-refractivity contribution in [2.45, 2.75) is 39.0 Å². The van der Waals surface area contributed by atoms with E-state index < -0.39 is 0 Å². The lowest BCUT2D eigenvalue weighted by atomic mass is 10.0. The van der Waals surface area contributed by atoms with Crippen LogP contribution in [0.4, 0.5) is 5.69 Å². The number of hydrogen-bond acceptors (Lipinski definition) is 3. The highest BCUT2D eigenvalue weighted by Gasteiger charge is 2.00. The normalized spacial score (nSPS) is 10.3. The van der Waals surface area contributed by atoms with E-state index in [2.05, 4.69) is 0 Å². The van der Waals surface area contributed by atoms with Gasteiger partial charge in [0.15, 0.2) is 0 Å². The van der Waals surface area contributed by atoms with Gasteiger partial charge in [0.2, 0.25) is 0 Å². The van der Waals surface area contributed by atoms with Crippen LogP contribution in [0.1, 0.15) is 38.2 Å². The summed E-state index contributed by atoms with van der Waals surface area (Å²) in [5.41, 5.74) is 7.79. The van der Waals surface area contributed by atoms with Gasteiger partial charge in [0.1, 0.15) is 0 Å². The minimum absolute atomic E-state index is 0.205. The van der Waals surface area contributed by atoms with Crippen molar-refractivity contribution in [1.82, 2.24) is 0 Å². The van der Waals surface area contributed by atoms with Gasteiger partial charge in [0, 0.05) is 17.6 Å². The van der Waals surface area contributed by atoms with Gasteiger partial charge in [0.05, 0.1) is 6.61 Å². The number of benzene rings is 1. The molecule has 100 valence electrons. The van der Waals surface area contributed by atoms with E-state index in [0.29, 0.717) is 11.6 Å². The van der Waals surface area contributed by atoms with Crippen molar-refractivity contribution >= 4 is 23.3 Å². The molecule has 0 heterocycles. The second-order valence-electron chi connectivity index (χ2n) is 4.35. The molecule has 0 unspecified atom stereocenters. The molecule has 0 bridgehead atoms. The molecule has 0 aliphatic rings. The number of nitrogens with two attached hydrogens (primary N) is 1. The second-order valence-corrected chi connectivity index (χ2v) is 4.78. The zero-order valence-corrected chi connectivity index (χ0v) is 11.5. The fourth-order valence-electron chi connectivity index (χ4n) is 1.78. The summed E-state index contributed by atoms with van der Waals surface area (Å²) in [6.45, 7) is 1.96. The molecule has 0 radical (unpaired) electrons. The Hall–Kier alpha value is -1.22. The number of aryl methyl sites for hydroxylation is 1. The van der Waals surface area contributed by atoms with Crippen LogP contribution in [-0.2, 0) is 16.0 Å². The third-order valence-electron chi connectivity index (χ3n) is 2.75. The molecular weight excluding hydrogens is 250 g/mol. The number of ether oxygens (including phenoxy) is 1. The van der Waals surface area contributed by atoms with Crippen molar-refractivity contribution < 1.29 is 9.53 Å². The van der Waals surface area contributed by atoms with Crippen molar-refractivity contribution in [3.05, 3.63) is 28.8 Å². The fraction of sp³-hybridized carbons (Fsp3) is 0.500. The van der Waals surface area contributed by atoms with E-state index >= 15 is 0 Å². The molecule has 0 spiro atoms. The van der Waals surface area contributed by atoms with Gasteiger partial charge < -0.3 is 10.5 Å². The first-order valence-corrected chi connectivity index (χ1v) is 6.64. The van der Waals surface area contributed by atoms with E-state index in [0.717, 1.165) is 43.4 Å². The molecule has 2 N–H and O–H groups in total. The minimum atomic E-state index is -0.205. The molecule has 4 heteroatoms. The van der Waals surface area contributed by atoms with E-state index in [1.54, 1.807) is 6.07 Å². The minimum Gasteiger partial charge on any atom is -0.466 e. The van der Waals surface area contributed by atoms with Crippen LogP contribution in [0.3, 0.4) is 0 Å². The molecule has 0 aliphatic heterocycles. The van der Waals surface area contributed by atoms with E-state index in [1.807, 2.05) is 12.1 Å². The summed E-state index contributed by atoms with van der Waals surface area (Å²) < 4.78 is 4.87. The fourth-order valence-corrected chi connectivity index (χ4v) is 1.96. The van der Waals surface area contributed by atoms with E-state index in [1.165, 1.54) is 6.92 Å². The highest BCUT2D eigenvalue weighted by molar-refractivity contribution is 6.30. The molecule has 0 amide bonds. The Bertz CT molecular complexity index is 393. The molecule has 3 nitrogen and oxygen atoms in total. The predicted molar refractivity (Wildman–Crippen MR) is 74.7 cm³/mol. The van der Waals surface area contributed by atoms with Crippen LogP contribution < -0.4 is 5.73 Å². The standard InChI is InChI=1S/C14H20ClNO2/c1-11(17)18-9-5-3-2-4-6-12-7-8-13(15)10-14(12)16/h7-8,10H,2-6,9,16H2,1H3. The Morgan fingerprint density at radius 3 is 2.67 bits per heavy atom. The van der Waals surface area contributed by atoms with Crippen molar-refractivity contribution in [1.29, 1.82) is 0 Å².